The van der Waals surface area contributed by atoms with Gasteiger partial charge in [-0.3, -0.25) is 4.79 Å². The minimum atomic E-state index is -0.595. The van der Waals surface area contributed by atoms with Crippen molar-refractivity contribution in [2.24, 2.45) is 5.41 Å². The third kappa shape index (κ3) is 9.58. The van der Waals surface area contributed by atoms with Gasteiger partial charge in [-0.05, 0) is 67.1 Å². The lowest BCUT2D eigenvalue weighted by Gasteiger charge is -2.32. The zero-order valence-corrected chi connectivity index (χ0v) is 25.6. The monoisotopic (exact) mass is 568 g/mol. The van der Waals surface area contributed by atoms with E-state index in [2.05, 4.69) is 51.6 Å². The highest BCUT2D eigenvalue weighted by molar-refractivity contribution is 8.13. The number of benzene rings is 2. The van der Waals surface area contributed by atoms with E-state index in [9.17, 15) is 14.4 Å². The molecule has 0 aromatic heterocycles. The second kappa shape index (κ2) is 13.6. The van der Waals surface area contributed by atoms with E-state index >= 15 is 0 Å². The molecule has 0 aliphatic carbocycles. The first-order valence-corrected chi connectivity index (χ1v) is 14.8. The van der Waals surface area contributed by atoms with E-state index in [4.69, 9.17) is 9.47 Å². The average Bonchev–Trinajstić information content (AvgIpc) is 3.24. The van der Waals surface area contributed by atoms with Crippen LogP contribution in [0.3, 0.4) is 0 Å². The number of hydrogen-bond acceptors (Lipinski definition) is 6. The fourth-order valence-electron chi connectivity index (χ4n) is 4.88. The van der Waals surface area contributed by atoms with Gasteiger partial charge in [0.05, 0.1) is 6.04 Å². The number of nitrogens with zero attached hydrogens (tertiary/aromatic N) is 2. The van der Waals surface area contributed by atoms with Crippen molar-refractivity contribution >= 4 is 39.8 Å². The first-order chi connectivity index (χ1) is 18.8. The maximum absolute atomic E-state index is 13.6. The summed E-state index contributed by atoms with van der Waals surface area (Å²) in [6.45, 7) is 16.6. The van der Waals surface area contributed by atoms with Crippen LogP contribution in [0, 0.1) is 5.41 Å². The summed E-state index contributed by atoms with van der Waals surface area (Å²) in [6, 6.07) is 14.2. The Morgan fingerprint density at radius 3 is 2.45 bits per heavy atom. The van der Waals surface area contributed by atoms with Gasteiger partial charge in [-0.2, -0.15) is 0 Å². The van der Waals surface area contributed by atoms with Crippen LogP contribution in [0.25, 0.3) is 10.8 Å². The average molecular weight is 569 g/mol. The number of fused-ring (bicyclic) bond motifs is 1. The van der Waals surface area contributed by atoms with Crippen LogP contribution in [0.1, 0.15) is 59.9 Å². The zero-order chi connectivity index (χ0) is 29.5. The van der Waals surface area contributed by atoms with E-state index in [1.807, 2.05) is 43.9 Å². The van der Waals surface area contributed by atoms with Crippen molar-refractivity contribution in [3.63, 3.8) is 0 Å². The molecule has 1 aliphatic rings. The van der Waals surface area contributed by atoms with E-state index < -0.39 is 11.7 Å². The molecular weight excluding hydrogens is 524 g/mol. The molecular formula is C32H44N2O5S. The number of hydrogen-bond donors (Lipinski definition) is 0. The van der Waals surface area contributed by atoms with Crippen molar-refractivity contribution in [2.75, 3.05) is 26.2 Å². The molecule has 0 unspecified atom stereocenters. The van der Waals surface area contributed by atoms with Gasteiger partial charge in [0.2, 0.25) is 5.91 Å². The Hall–Kier alpha value is -3.00. The first kappa shape index (κ1) is 31.5. The van der Waals surface area contributed by atoms with Gasteiger partial charge in [0.25, 0.3) is 0 Å². The van der Waals surface area contributed by atoms with Crippen molar-refractivity contribution in [1.29, 1.82) is 0 Å². The molecule has 1 heterocycles. The fraction of sp³-hybridized carbons (Fsp3) is 0.531. The molecule has 40 heavy (non-hydrogen) atoms. The molecule has 0 saturated carbocycles. The summed E-state index contributed by atoms with van der Waals surface area (Å²) in [7, 11) is 0. The quantitative estimate of drug-likeness (QED) is 0.238. The molecule has 1 saturated heterocycles. The summed E-state index contributed by atoms with van der Waals surface area (Å²) >= 11 is 1.11. The summed E-state index contributed by atoms with van der Waals surface area (Å²) in [5.74, 6) is 0.0513. The third-order valence-corrected chi connectivity index (χ3v) is 7.53. The number of rotatable bonds is 9. The molecule has 2 aromatic carbocycles. The second-order valence-electron chi connectivity index (χ2n) is 12.6. The van der Waals surface area contributed by atoms with Crippen LogP contribution in [-0.2, 0) is 20.7 Å². The number of ether oxygens (including phenoxy) is 2. The summed E-state index contributed by atoms with van der Waals surface area (Å²) < 4.78 is 10.9. The molecule has 0 radical (unpaired) electrons. The molecule has 2 amide bonds. The highest BCUT2D eigenvalue weighted by Crippen LogP contribution is 2.32. The van der Waals surface area contributed by atoms with Gasteiger partial charge in [-0.15, -0.1) is 0 Å². The van der Waals surface area contributed by atoms with Gasteiger partial charge in [-0.1, -0.05) is 75.9 Å². The Labute approximate surface area is 243 Å². The van der Waals surface area contributed by atoms with E-state index in [0.29, 0.717) is 38.9 Å². The van der Waals surface area contributed by atoms with E-state index in [0.717, 1.165) is 11.8 Å². The number of likely N-dealkylation sites (tertiary alicyclic amines) is 1. The molecule has 1 aliphatic heterocycles. The third-order valence-electron chi connectivity index (χ3n) is 6.58. The van der Waals surface area contributed by atoms with Crippen LogP contribution < -0.4 is 0 Å². The topological polar surface area (TPSA) is 76.2 Å². The maximum Gasteiger partial charge on any atom is 0.410 e. The molecule has 3 rings (SSSR count). The van der Waals surface area contributed by atoms with E-state index in [-0.39, 0.29) is 34.5 Å². The molecule has 7 nitrogen and oxygen atoms in total. The summed E-state index contributed by atoms with van der Waals surface area (Å²) in [4.78, 5) is 42.7. The molecule has 1 fully saturated rings. The Balaban J connectivity index is 1.81. The van der Waals surface area contributed by atoms with Gasteiger partial charge in [0, 0.05) is 31.3 Å². The number of amides is 2. The summed E-state index contributed by atoms with van der Waals surface area (Å²) in [6.07, 6.45) is 2.71. The minimum Gasteiger partial charge on any atom is -0.452 e. The zero-order valence-electron chi connectivity index (χ0n) is 24.8. The van der Waals surface area contributed by atoms with Gasteiger partial charge in [-0.25, -0.2) is 9.59 Å². The van der Waals surface area contributed by atoms with Crippen molar-refractivity contribution in [3.8, 4) is 0 Å². The maximum atomic E-state index is 13.6. The molecule has 2 atom stereocenters. The number of thioether (sulfide) groups is 1. The van der Waals surface area contributed by atoms with Gasteiger partial charge in [0.15, 0.2) is 0 Å². The van der Waals surface area contributed by atoms with E-state index in [1.165, 1.54) is 22.4 Å². The minimum absolute atomic E-state index is 0.0513. The standard InChI is InChI=1S/C32H44N2O5S/c1-8-18-38-29(36)34-22-26(40-30(37)39-32(5,6)7)19-25(34)21-33(28(35)20-31(2,3)4)17-16-24-14-11-13-23-12-9-10-15-27(23)24/h8-15,25-26H,1,16-22H2,2-7H3/t25-,26-/m0/s1. The van der Waals surface area contributed by atoms with E-state index in [1.54, 1.807) is 4.90 Å². The predicted octanol–water partition coefficient (Wildman–Crippen LogP) is 7.08. The van der Waals surface area contributed by atoms with Crippen LogP contribution in [0.5, 0.6) is 0 Å². The van der Waals surface area contributed by atoms with Crippen molar-refractivity contribution in [1.82, 2.24) is 9.80 Å². The second-order valence-corrected chi connectivity index (χ2v) is 13.8. The first-order valence-electron chi connectivity index (χ1n) is 13.9. The summed E-state index contributed by atoms with van der Waals surface area (Å²) in [5, 5.41) is 1.82. The van der Waals surface area contributed by atoms with Gasteiger partial charge in [0.1, 0.15) is 12.2 Å². The Kier molecular flexibility index (Phi) is 10.7. The Morgan fingerprint density at radius 2 is 1.77 bits per heavy atom. The van der Waals surface area contributed by atoms with Crippen LogP contribution >= 0.6 is 11.8 Å². The lowest BCUT2D eigenvalue weighted by Crippen LogP contribution is -2.46. The van der Waals surface area contributed by atoms with Gasteiger partial charge >= 0.3 is 11.4 Å². The van der Waals surface area contributed by atoms with Crippen LogP contribution in [0.2, 0.25) is 0 Å². The lowest BCUT2D eigenvalue weighted by atomic mass is 9.91. The lowest BCUT2D eigenvalue weighted by molar-refractivity contribution is -0.133. The van der Waals surface area contributed by atoms with Crippen LogP contribution in [-0.4, -0.2) is 70.2 Å². The highest BCUT2D eigenvalue weighted by Gasteiger charge is 2.40. The Bertz CT molecular complexity index is 1190. The van der Waals surface area contributed by atoms with Crippen LogP contribution in [0.15, 0.2) is 55.1 Å². The predicted molar refractivity (Wildman–Crippen MR) is 163 cm³/mol. The largest absolute Gasteiger partial charge is 0.452 e. The molecule has 218 valence electrons. The number of carbonyl (C=O) groups is 3. The molecule has 0 bridgehead atoms. The molecule has 8 heteroatoms. The summed E-state index contributed by atoms with van der Waals surface area (Å²) in [5.41, 5.74) is 0.406. The van der Waals surface area contributed by atoms with Crippen LogP contribution in [0.4, 0.5) is 9.59 Å². The van der Waals surface area contributed by atoms with Crippen molar-refractivity contribution in [2.45, 2.75) is 77.7 Å². The molecule has 0 N–H and O–H groups in total. The normalized spacial score (nSPS) is 17.5. The fourth-order valence-corrected chi connectivity index (χ4v) is 6.01. The Morgan fingerprint density at radius 1 is 1.07 bits per heavy atom. The number of carbonyl (C=O) groups excluding carboxylic acids is 3. The smallest absolute Gasteiger partial charge is 0.410 e. The molecule has 2 aromatic rings. The van der Waals surface area contributed by atoms with Gasteiger partial charge < -0.3 is 19.3 Å². The van der Waals surface area contributed by atoms with Crippen molar-refractivity contribution < 1.29 is 23.9 Å². The highest BCUT2D eigenvalue weighted by atomic mass is 32.2. The SMILES string of the molecule is C=CCOC(=O)N1C[C@@H](SC(=O)OC(C)(C)C)C[C@H]1CN(CCc1cccc2ccccc12)C(=O)CC(C)(C)C. The molecule has 0 spiro atoms. The van der Waals surface area contributed by atoms with Crippen molar-refractivity contribution in [3.05, 3.63) is 60.7 Å².